The monoisotopic (exact) mass is 309 g/mol. The number of aromatic nitrogens is 1. The van der Waals surface area contributed by atoms with Crippen LogP contribution in [0.3, 0.4) is 0 Å². The molecule has 18 heavy (non-hydrogen) atoms. The molecule has 1 unspecified atom stereocenters. The topological polar surface area (TPSA) is 50.9 Å². The molecule has 0 spiro atoms. The Labute approximate surface area is 113 Å². The van der Waals surface area contributed by atoms with E-state index in [9.17, 15) is 4.39 Å². The zero-order valence-corrected chi connectivity index (χ0v) is 11.4. The second-order valence-electron chi connectivity index (χ2n) is 3.95. The van der Waals surface area contributed by atoms with Gasteiger partial charge in [-0.15, -0.1) is 0 Å². The van der Waals surface area contributed by atoms with E-state index in [-0.39, 0.29) is 5.82 Å². The average Bonchev–Trinajstić information content (AvgIpc) is 2.37. The Bertz CT molecular complexity index is 560. The summed E-state index contributed by atoms with van der Waals surface area (Å²) in [5.74, 6) is 5.20. The highest BCUT2D eigenvalue weighted by molar-refractivity contribution is 9.10. The maximum Gasteiger partial charge on any atom is 0.146 e. The highest BCUT2D eigenvalue weighted by Crippen LogP contribution is 2.29. The molecule has 3 N–H and O–H groups in total. The zero-order chi connectivity index (χ0) is 13.1. The maximum atomic E-state index is 13.8. The molecule has 0 fully saturated rings. The number of halogens is 2. The van der Waals surface area contributed by atoms with Gasteiger partial charge in [-0.1, -0.05) is 28.1 Å². The van der Waals surface area contributed by atoms with Crippen LogP contribution in [0.5, 0.6) is 0 Å². The molecule has 2 rings (SSSR count). The van der Waals surface area contributed by atoms with E-state index in [1.54, 1.807) is 12.3 Å². The molecule has 1 heterocycles. The molecule has 5 heteroatoms. The van der Waals surface area contributed by atoms with E-state index in [1.807, 2.05) is 25.1 Å². The van der Waals surface area contributed by atoms with Crippen LogP contribution in [0.2, 0.25) is 0 Å². The summed E-state index contributed by atoms with van der Waals surface area (Å²) in [4.78, 5) is 3.74. The molecule has 1 atom stereocenters. The van der Waals surface area contributed by atoms with E-state index >= 15 is 0 Å². The highest BCUT2D eigenvalue weighted by atomic mass is 79.9. The van der Waals surface area contributed by atoms with Crippen molar-refractivity contribution in [3.05, 3.63) is 63.6 Å². The molecule has 0 aliphatic heterocycles. The smallest absolute Gasteiger partial charge is 0.146 e. The number of nitrogens with one attached hydrogen (secondary N) is 1. The van der Waals surface area contributed by atoms with Crippen LogP contribution in [0.15, 0.2) is 41.1 Å². The summed E-state index contributed by atoms with van der Waals surface area (Å²) in [6.45, 7) is 1.96. The van der Waals surface area contributed by atoms with Crippen LogP contribution in [0, 0.1) is 12.7 Å². The second kappa shape index (κ2) is 5.56. The fraction of sp³-hybridized carbons (Fsp3) is 0.154. The van der Waals surface area contributed by atoms with Gasteiger partial charge in [-0.2, -0.15) is 0 Å². The van der Waals surface area contributed by atoms with E-state index in [0.29, 0.717) is 5.56 Å². The molecule has 0 aliphatic carbocycles. The van der Waals surface area contributed by atoms with Gasteiger partial charge in [-0.25, -0.2) is 9.82 Å². The zero-order valence-electron chi connectivity index (χ0n) is 9.82. The van der Waals surface area contributed by atoms with Crippen molar-refractivity contribution in [3.8, 4) is 0 Å². The quantitative estimate of drug-likeness (QED) is 0.677. The summed E-state index contributed by atoms with van der Waals surface area (Å²) in [5, 5.41) is 0. The first-order chi connectivity index (χ1) is 8.65. The van der Waals surface area contributed by atoms with Gasteiger partial charge in [0.25, 0.3) is 0 Å². The molecule has 0 saturated carbocycles. The predicted octanol–water partition coefficient (Wildman–Crippen LogP) is 2.84. The van der Waals surface area contributed by atoms with Crippen molar-refractivity contribution in [1.82, 2.24) is 10.4 Å². The van der Waals surface area contributed by atoms with Crippen LogP contribution in [-0.4, -0.2) is 4.98 Å². The number of hydrazine groups is 1. The minimum Gasteiger partial charge on any atom is -0.271 e. The lowest BCUT2D eigenvalue weighted by Crippen LogP contribution is -2.30. The van der Waals surface area contributed by atoms with Crippen molar-refractivity contribution >= 4 is 15.9 Å². The number of pyridine rings is 1. The predicted molar refractivity (Wildman–Crippen MR) is 72.2 cm³/mol. The Morgan fingerprint density at radius 2 is 2.11 bits per heavy atom. The minimum atomic E-state index is -0.398. The van der Waals surface area contributed by atoms with Crippen LogP contribution in [-0.2, 0) is 0 Å². The van der Waals surface area contributed by atoms with Crippen molar-refractivity contribution in [1.29, 1.82) is 0 Å². The van der Waals surface area contributed by atoms with Gasteiger partial charge in [0.05, 0.1) is 12.2 Å². The Balaban J connectivity index is 2.53. The fourth-order valence-corrected chi connectivity index (χ4v) is 2.29. The summed E-state index contributed by atoms with van der Waals surface area (Å²) in [6, 6.07) is 6.99. The van der Waals surface area contributed by atoms with Crippen molar-refractivity contribution < 1.29 is 4.39 Å². The normalized spacial score (nSPS) is 12.4. The van der Waals surface area contributed by atoms with Crippen LogP contribution in [0.25, 0.3) is 0 Å². The molecule has 0 aliphatic rings. The van der Waals surface area contributed by atoms with E-state index in [0.717, 1.165) is 15.6 Å². The van der Waals surface area contributed by atoms with Gasteiger partial charge in [0, 0.05) is 16.2 Å². The molecule has 0 amide bonds. The summed E-state index contributed by atoms with van der Waals surface area (Å²) < 4.78 is 14.7. The first-order valence-corrected chi connectivity index (χ1v) is 6.25. The van der Waals surface area contributed by atoms with Crippen molar-refractivity contribution in [2.75, 3.05) is 0 Å². The lowest BCUT2D eigenvalue weighted by Gasteiger charge is -2.20. The molecule has 0 bridgehead atoms. The van der Waals surface area contributed by atoms with E-state index in [2.05, 4.69) is 26.3 Å². The molecule has 0 saturated heterocycles. The van der Waals surface area contributed by atoms with Gasteiger partial charge in [0.1, 0.15) is 5.82 Å². The molecule has 1 aromatic heterocycles. The molecule has 3 nitrogen and oxygen atoms in total. The number of hydrogen-bond donors (Lipinski definition) is 2. The lowest BCUT2D eigenvalue weighted by molar-refractivity contribution is 0.554. The fourth-order valence-electron chi connectivity index (χ4n) is 1.90. The van der Waals surface area contributed by atoms with Gasteiger partial charge in [0.2, 0.25) is 0 Å². The number of nitrogens with two attached hydrogens (primary N) is 1. The first kappa shape index (κ1) is 13.1. The standard InChI is InChI=1S/C13H13BrFN3/c1-8-9(3-2-4-11(8)14)13(18-16)10-5-6-17-7-12(10)15/h2-7,13,18H,16H2,1H3. The summed E-state index contributed by atoms with van der Waals surface area (Å²) >= 11 is 3.46. The average molecular weight is 310 g/mol. The van der Waals surface area contributed by atoms with Crippen LogP contribution in [0.4, 0.5) is 4.39 Å². The Kier molecular flexibility index (Phi) is 4.06. The molecular weight excluding hydrogens is 297 g/mol. The van der Waals surface area contributed by atoms with Gasteiger partial charge < -0.3 is 0 Å². The van der Waals surface area contributed by atoms with Crippen molar-refractivity contribution in [2.24, 2.45) is 5.84 Å². The third-order valence-corrected chi connectivity index (χ3v) is 3.76. The largest absolute Gasteiger partial charge is 0.271 e. The Morgan fingerprint density at radius 1 is 1.33 bits per heavy atom. The molecule has 0 radical (unpaired) electrons. The minimum absolute atomic E-state index is 0.375. The van der Waals surface area contributed by atoms with Crippen LogP contribution < -0.4 is 11.3 Å². The number of benzene rings is 1. The number of rotatable bonds is 3. The van der Waals surface area contributed by atoms with E-state index in [1.165, 1.54) is 6.20 Å². The summed E-state index contributed by atoms with van der Waals surface area (Å²) in [5.41, 5.74) is 5.09. The van der Waals surface area contributed by atoms with E-state index < -0.39 is 6.04 Å². The Morgan fingerprint density at radius 3 is 2.78 bits per heavy atom. The second-order valence-corrected chi connectivity index (χ2v) is 4.81. The summed E-state index contributed by atoms with van der Waals surface area (Å²) in [7, 11) is 0. The third-order valence-electron chi connectivity index (χ3n) is 2.90. The van der Waals surface area contributed by atoms with Gasteiger partial charge >= 0.3 is 0 Å². The highest BCUT2D eigenvalue weighted by Gasteiger charge is 2.18. The SMILES string of the molecule is Cc1c(Br)cccc1C(NN)c1ccncc1F. The molecule has 1 aromatic carbocycles. The molecular formula is C13H13BrFN3. The molecule has 94 valence electrons. The number of hydrogen-bond acceptors (Lipinski definition) is 3. The van der Waals surface area contributed by atoms with Crippen LogP contribution >= 0.6 is 15.9 Å². The lowest BCUT2D eigenvalue weighted by atomic mass is 9.96. The molecule has 2 aromatic rings. The van der Waals surface area contributed by atoms with E-state index in [4.69, 9.17) is 5.84 Å². The van der Waals surface area contributed by atoms with Crippen molar-refractivity contribution in [2.45, 2.75) is 13.0 Å². The maximum absolute atomic E-state index is 13.8. The van der Waals surface area contributed by atoms with Crippen LogP contribution in [0.1, 0.15) is 22.7 Å². The first-order valence-electron chi connectivity index (χ1n) is 5.45. The third kappa shape index (κ3) is 2.43. The van der Waals surface area contributed by atoms with Gasteiger partial charge in [0.15, 0.2) is 0 Å². The Hall–Kier alpha value is -1.30. The number of nitrogens with zero attached hydrogens (tertiary/aromatic N) is 1. The van der Waals surface area contributed by atoms with Crippen molar-refractivity contribution in [3.63, 3.8) is 0 Å². The summed E-state index contributed by atoms with van der Waals surface area (Å²) in [6.07, 6.45) is 2.74. The van der Waals surface area contributed by atoms with Gasteiger partial charge in [-0.05, 0) is 30.2 Å². The van der Waals surface area contributed by atoms with Gasteiger partial charge in [-0.3, -0.25) is 10.8 Å².